The van der Waals surface area contributed by atoms with Gasteiger partial charge in [0.15, 0.2) is 5.78 Å². The number of Topliss-reactive ketones (excluding diaryl/α,β-unsaturated/α-hetero) is 1. The number of carboxylic acids is 1. The van der Waals surface area contributed by atoms with E-state index in [1.165, 1.54) is 0 Å². The number of carbonyl (C=O) groups excluding carboxylic acids is 4. The van der Waals surface area contributed by atoms with E-state index in [2.05, 4.69) is 59.1 Å². The lowest BCUT2D eigenvalue weighted by Crippen LogP contribution is -2.68. The maximum absolute atomic E-state index is 14.2. The summed E-state index contributed by atoms with van der Waals surface area (Å²) in [6.07, 6.45) is 7.71. The van der Waals surface area contributed by atoms with Crippen LogP contribution >= 0.6 is 0 Å². The molecule has 0 saturated heterocycles. The minimum atomic E-state index is -1.22. The Balaban J connectivity index is 1.26. The summed E-state index contributed by atoms with van der Waals surface area (Å²) in [7, 11) is 0. The first-order valence-electron chi connectivity index (χ1n) is 21.7. The average molecular weight is 780 g/mol. The number of aliphatic carboxylic acids is 1. The van der Waals surface area contributed by atoms with Crippen molar-refractivity contribution < 1.29 is 33.8 Å². The number of amides is 2. The van der Waals surface area contributed by atoms with E-state index in [0.29, 0.717) is 24.7 Å². The third-order valence-electron chi connectivity index (χ3n) is 17.9. The maximum atomic E-state index is 14.2. The fraction of sp³-hybridized carbons (Fsp3) is 0.848. The van der Waals surface area contributed by atoms with E-state index in [4.69, 9.17) is 10.5 Å². The molecule has 0 aromatic heterocycles. The molecule has 2 amide bonds. The predicted octanol–water partition coefficient (Wildman–Crippen LogP) is 7.37. The lowest BCUT2D eigenvalue weighted by atomic mass is 9.33. The number of allylic oxidation sites excluding steroid dienone is 1. The molecule has 11 atom stereocenters. The van der Waals surface area contributed by atoms with Gasteiger partial charge in [-0.3, -0.25) is 24.0 Å². The molecule has 5 saturated carbocycles. The molecule has 56 heavy (non-hydrogen) atoms. The van der Waals surface area contributed by atoms with E-state index < -0.39 is 40.3 Å². The fourth-order valence-electron chi connectivity index (χ4n) is 14.0. The van der Waals surface area contributed by atoms with Crippen LogP contribution in [0.4, 0.5) is 0 Å². The van der Waals surface area contributed by atoms with Gasteiger partial charge in [0.2, 0.25) is 11.8 Å². The molecule has 6 rings (SSSR count). The molecular weight excluding hydrogens is 707 g/mol. The number of rotatable bonds is 9. The van der Waals surface area contributed by atoms with Crippen molar-refractivity contribution in [2.45, 2.75) is 177 Å². The van der Waals surface area contributed by atoms with Crippen molar-refractivity contribution >= 4 is 29.5 Å². The third kappa shape index (κ3) is 6.13. The molecule has 0 aromatic carbocycles. The van der Waals surface area contributed by atoms with Crippen LogP contribution in [-0.4, -0.2) is 57.9 Å². The second kappa shape index (κ2) is 13.7. The van der Waals surface area contributed by atoms with Gasteiger partial charge in [-0.2, -0.15) is 0 Å². The summed E-state index contributed by atoms with van der Waals surface area (Å²) < 4.78 is 6.40. The molecule has 0 bridgehead atoms. The van der Waals surface area contributed by atoms with E-state index in [-0.39, 0.29) is 75.5 Å². The number of nitrogens with two attached hydrogens (primary N) is 1. The van der Waals surface area contributed by atoms with Crippen LogP contribution in [0.5, 0.6) is 0 Å². The summed E-state index contributed by atoms with van der Waals surface area (Å²) in [6.45, 7) is 27.2. The third-order valence-corrected chi connectivity index (χ3v) is 17.9. The van der Waals surface area contributed by atoms with Gasteiger partial charge in [0.1, 0.15) is 11.6 Å². The van der Waals surface area contributed by atoms with E-state index in [1.807, 2.05) is 27.7 Å². The van der Waals surface area contributed by atoms with Crippen molar-refractivity contribution in [3.8, 4) is 0 Å². The van der Waals surface area contributed by atoms with E-state index in [1.54, 1.807) is 13.8 Å². The van der Waals surface area contributed by atoms with Gasteiger partial charge in [-0.1, -0.05) is 76.2 Å². The van der Waals surface area contributed by atoms with Crippen LogP contribution in [0.2, 0.25) is 0 Å². The normalized spacial score (nSPS) is 40.4. The highest BCUT2D eigenvalue weighted by molar-refractivity contribution is 6.03. The molecule has 5 N–H and O–H groups in total. The molecule has 6 aliphatic rings. The highest BCUT2D eigenvalue weighted by Crippen LogP contribution is 2.76. The molecule has 10 heteroatoms. The smallest absolute Gasteiger partial charge is 0.309 e. The molecular formula is C46H73N3O7. The van der Waals surface area contributed by atoms with Crippen molar-refractivity contribution in [1.82, 2.24) is 10.6 Å². The zero-order valence-electron chi connectivity index (χ0n) is 36.7. The SMILES string of the molecule is CC(C)C1=C2[C@H]3CC[C@@H]4[C@@]5(C)CC[C@H](OC(=O)C6C[C@@H](C(=O)O)C6(C)C)C(C)(C)[C@@H]5CC[C@@]4(C)[C@]3(C)CC[C@@]2(NC(=O)C(C)(C)NC(=O)[C@@H](N)C(C)C)CC1=O. The zero-order chi connectivity index (χ0) is 41.9. The van der Waals surface area contributed by atoms with Gasteiger partial charge in [0.25, 0.3) is 0 Å². The summed E-state index contributed by atoms with van der Waals surface area (Å²) in [5.74, 6) is -1.68. The van der Waals surface area contributed by atoms with Crippen LogP contribution in [0.15, 0.2) is 11.1 Å². The Bertz CT molecular complexity index is 1710. The Morgan fingerprint density at radius 2 is 1.46 bits per heavy atom. The number of carboxylic acid groups (broad SMARTS) is 1. The first kappa shape index (κ1) is 42.8. The van der Waals surface area contributed by atoms with Crippen LogP contribution in [0, 0.1) is 68.5 Å². The molecule has 314 valence electrons. The minimum absolute atomic E-state index is 0.0142. The van der Waals surface area contributed by atoms with Crippen molar-refractivity contribution in [1.29, 1.82) is 0 Å². The van der Waals surface area contributed by atoms with Gasteiger partial charge >= 0.3 is 11.9 Å². The predicted molar refractivity (Wildman–Crippen MR) is 216 cm³/mol. The lowest BCUT2D eigenvalue weighted by molar-refractivity contribution is -0.235. The molecule has 0 radical (unpaired) electrons. The van der Waals surface area contributed by atoms with Gasteiger partial charge in [-0.15, -0.1) is 0 Å². The molecule has 0 aromatic rings. The van der Waals surface area contributed by atoms with Crippen LogP contribution in [-0.2, 0) is 28.7 Å². The van der Waals surface area contributed by atoms with Crippen LogP contribution in [0.1, 0.15) is 154 Å². The lowest BCUT2D eigenvalue weighted by Gasteiger charge is -2.72. The number of fused-ring (bicyclic) bond motifs is 7. The molecule has 0 spiro atoms. The Labute approximate surface area is 336 Å². The summed E-state index contributed by atoms with van der Waals surface area (Å²) in [5, 5.41) is 16.0. The summed E-state index contributed by atoms with van der Waals surface area (Å²) in [4.78, 5) is 66.8. The van der Waals surface area contributed by atoms with E-state index >= 15 is 0 Å². The van der Waals surface area contributed by atoms with Gasteiger partial charge in [0.05, 0.1) is 23.4 Å². The molecule has 10 nitrogen and oxygen atoms in total. The van der Waals surface area contributed by atoms with Gasteiger partial charge in [0, 0.05) is 11.8 Å². The molecule has 1 unspecified atom stereocenters. The molecule has 0 aliphatic heterocycles. The van der Waals surface area contributed by atoms with Crippen LogP contribution in [0.25, 0.3) is 0 Å². The fourth-order valence-corrected chi connectivity index (χ4v) is 14.0. The van der Waals surface area contributed by atoms with Gasteiger partial charge in [-0.05, 0) is 134 Å². The first-order chi connectivity index (χ1) is 25.6. The highest BCUT2D eigenvalue weighted by atomic mass is 16.5. The Hall–Kier alpha value is -2.75. The first-order valence-corrected chi connectivity index (χ1v) is 21.7. The molecule has 6 aliphatic carbocycles. The second-order valence-corrected chi connectivity index (χ2v) is 22.4. The van der Waals surface area contributed by atoms with Crippen molar-refractivity contribution in [2.75, 3.05) is 0 Å². The number of ketones is 1. The van der Waals surface area contributed by atoms with Crippen molar-refractivity contribution in [3.63, 3.8) is 0 Å². The van der Waals surface area contributed by atoms with E-state index in [0.717, 1.165) is 56.1 Å². The monoisotopic (exact) mass is 780 g/mol. The standard InChI is InChI=1S/C46H73N3O7/c1-24(2)33-29(50)23-46(49-39(55)42(9,10)48-36(51)35(47)25(3)4)21-20-44(12)26(34(33)46)14-15-31-43(11)18-17-32(41(7,8)30(43)16-19-45(31,44)13)56-38(54)28-22-27(37(52)53)40(28,5)6/h24-28,30-32,35H,14-23,47H2,1-13H3,(H,48,51)(H,49,55)(H,52,53)/t26-,27+,28?,30+,31-,32+,35+,43+,44-,45-,46-/m1/s1. The van der Waals surface area contributed by atoms with Crippen molar-refractivity contribution in [2.24, 2.45) is 74.2 Å². The Morgan fingerprint density at radius 1 is 0.821 bits per heavy atom. The number of ether oxygens (including phenoxy) is 1. The Kier molecular flexibility index (Phi) is 10.4. The van der Waals surface area contributed by atoms with E-state index in [9.17, 15) is 29.1 Å². The number of hydrogen-bond acceptors (Lipinski definition) is 7. The molecule has 0 heterocycles. The van der Waals surface area contributed by atoms with Gasteiger partial charge < -0.3 is 26.2 Å². The van der Waals surface area contributed by atoms with Crippen LogP contribution in [0.3, 0.4) is 0 Å². The molecule has 5 fully saturated rings. The number of carbonyl (C=O) groups is 5. The Morgan fingerprint density at radius 3 is 2.04 bits per heavy atom. The quantitative estimate of drug-likeness (QED) is 0.176. The number of hydrogen-bond donors (Lipinski definition) is 4. The summed E-state index contributed by atoms with van der Waals surface area (Å²) in [5.41, 5.74) is 5.22. The van der Waals surface area contributed by atoms with Gasteiger partial charge in [-0.25, -0.2) is 0 Å². The zero-order valence-corrected chi connectivity index (χ0v) is 36.7. The second-order valence-electron chi connectivity index (χ2n) is 22.4. The van der Waals surface area contributed by atoms with Crippen LogP contribution < -0.4 is 16.4 Å². The average Bonchev–Trinajstić information content (AvgIpc) is 3.36. The number of nitrogens with one attached hydrogen (secondary N) is 2. The van der Waals surface area contributed by atoms with Crippen molar-refractivity contribution in [3.05, 3.63) is 11.1 Å². The minimum Gasteiger partial charge on any atom is -0.481 e. The highest BCUT2D eigenvalue weighted by Gasteiger charge is 2.71. The maximum Gasteiger partial charge on any atom is 0.309 e. The largest absolute Gasteiger partial charge is 0.481 e. The summed E-state index contributed by atoms with van der Waals surface area (Å²) in [6, 6.07) is -0.733. The topological polar surface area (TPSA) is 165 Å². The summed E-state index contributed by atoms with van der Waals surface area (Å²) >= 11 is 0. The number of esters is 1.